The van der Waals surface area contributed by atoms with Crippen molar-refractivity contribution in [3.8, 4) is 5.88 Å². The summed E-state index contributed by atoms with van der Waals surface area (Å²) in [5.41, 5.74) is 11.6. The molecule has 0 saturated carbocycles. The zero-order valence-electron chi connectivity index (χ0n) is 11.5. The van der Waals surface area contributed by atoms with E-state index >= 15 is 0 Å². The number of nitrogens with one attached hydrogen (secondary N) is 1. The normalized spacial score (nSPS) is 15.6. The Morgan fingerprint density at radius 1 is 1.29 bits per heavy atom. The number of nitrogens with zero attached hydrogens (tertiary/aromatic N) is 1. The molecule has 1 aliphatic heterocycles. The zero-order chi connectivity index (χ0) is 15.1. The van der Waals surface area contributed by atoms with Gasteiger partial charge in [0, 0.05) is 12.7 Å². The molecule has 3 rings (SSSR count). The van der Waals surface area contributed by atoms with E-state index in [1.54, 1.807) is 6.07 Å². The molecule has 2 heterocycles. The Bertz CT molecular complexity index is 563. The van der Waals surface area contributed by atoms with Crippen LogP contribution in [0.25, 0.3) is 0 Å². The predicted octanol–water partition coefficient (Wildman–Crippen LogP) is 0.999. The molecule has 110 valence electrons. The summed E-state index contributed by atoms with van der Waals surface area (Å²) in [4.78, 5) is 14.9. The second-order valence-corrected chi connectivity index (χ2v) is 4.45. The molecule has 1 unspecified atom stereocenters. The van der Waals surface area contributed by atoms with Crippen molar-refractivity contribution in [2.24, 2.45) is 11.5 Å². The molecule has 6 heteroatoms. The van der Waals surface area contributed by atoms with Gasteiger partial charge >= 0.3 is 0 Å². The molecule has 1 aliphatic rings. The highest BCUT2D eigenvalue weighted by Crippen LogP contribution is 2.26. The van der Waals surface area contributed by atoms with Gasteiger partial charge in [-0.3, -0.25) is 4.79 Å². The number of rotatable bonds is 2. The molecule has 0 fully saturated rings. The maximum Gasteiger partial charge on any atom is 0.250 e. The number of nitrogens with two attached hydrogens (primary N) is 2. The highest BCUT2D eigenvalue weighted by Gasteiger charge is 2.19. The maximum absolute atomic E-state index is 10.9. The minimum atomic E-state index is -0.506. The number of fused-ring (bicyclic) bond motifs is 1. The zero-order valence-corrected chi connectivity index (χ0v) is 11.5. The number of amides is 1. The van der Waals surface area contributed by atoms with Crippen LogP contribution in [-0.2, 0) is 0 Å². The third-order valence-corrected chi connectivity index (χ3v) is 2.86. The van der Waals surface area contributed by atoms with E-state index in [2.05, 4.69) is 10.3 Å². The molecule has 21 heavy (non-hydrogen) atoms. The van der Waals surface area contributed by atoms with E-state index in [9.17, 15) is 4.79 Å². The summed E-state index contributed by atoms with van der Waals surface area (Å²) in [5, 5.41) is 3.08. The minimum Gasteiger partial charge on any atom is -0.470 e. The van der Waals surface area contributed by atoms with E-state index in [-0.39, 0.29) is 6.10 Å². The average Bonchev–Trinajstić information content (AvgIpc) is 2.56. The molecule has 0 bridgehead atoms. The van der Waals surface area contributed by atoms with Gasteiger partial charge in [0.15, 0.2) is 0 Å². The second kappa shape index (κ2) is 7.25. The van der Waals surface area contributed by atoms with Crippen LogP contribution >= 0.6 is 0 Å². The second-order valence-electron chi connectivity index (χ2n) is 4.45. The van der Waals surface area contributed by atoms with Gasteiger partial charge in [0.1, 0.15) is 6.10 Å². The Kier molecular flexibility index (Phi) is 5.11. The summed E-state index contributed by atoms with van der Waals surface area (Å²) in [6, 6.07) is 13.6. The van der Waals surface area contributed by atoms with E-state index in [1.807, 2.05) is 36.4 Å². The van der Waals surface area contributed by atoms with Gasteiger partial charge in [-0.2, -0.15) is 0 Å². The number of ether oxygens (including phenoxy) is 1. The van der Waals surface area contributed by atoms with Gasteiger partial charge in [-0.25, -0.2) is 4.98 Å². The fourth-order valence-corrected chi connectivity index (χ4v) is 1.75. The van der Waals surface area contributed by atoms with Gasteiger partial charge in [-0.1, -0.05) is 36.4 Å². The monoisotopic (exact) mass is 286 g/mol. The van der Waals surface area contributed by atoms with Gasteiger partial charge < -0.3 is 21.5 Å². The van der Waals surface area contributed by atoms with Gasteiger partial charge in [0.25, 0.3) is 0 Å². The number of hydrogen-bond acceptors (Lipinski definition) is 5. The molecule has 1 aromatic heterocycles. The largest absolute Gasteiger partial charge is 0.470 e. The van der Waals surface area contributed by atoms with E-state index in [4.69, 9.17) is 16.2 Å². The number of primary amides is 1. The molecule has 0 aliphatic carbocycles. The summed E-state index contributed by atoms with van der Waals surface area (Å²) in [5.74, 6) is -0.0465. The minimum absolute atomic E-state index is 0.0792. The number of benzene rings is 1. The highest BCUT2D eigenvalue weighted by atomic mass is 16.5. The van der Waals surface area contributed by atoms with E-state index in [0.717, 1.165) is 0 Å². The Hall–Kier alpha value is -2.60. The van der Waals surface area contributed by atoms with Crippen LogP contribution in [0.4, 0.5) is 5.69 Å². The fraction of sp³-hybridized carbons (Fsp3) is 0.200. The highest BCUT2D eigenvalue weighted by molar-refractivity contribution is 5.93. The van der Waals surface area contributed by atoms with Crippen LogP contribution in [0.3, 0.4) is 0 Å². The summed E-state index contributed by atoms with van der Waals surface area (Å²) in [6.07, 6.45) is 1.31. The van der Waals surface area contributed by atoms with Crippen molar-refractivity contribution in [3.05, 3.63) is 54.2 Å². The summed E-state index contributed by atoms with van der Waals surface area (Å²) >= 11 is 0. The van der Waals surface area contributed by atoms with Crippen LogP contribution in [0.2, 0.25) is 0 Å². The molecule has 1 amide bonds. The maximum atomic E-state index is 10.9. The first-order valence-corrected chi connectivity index (χ1v) is 6.61. The molecule has 6 nitrogen and oxygen atoms in total. The number of carbonyl (C=O) groups is 1. The molecular weight excluding hydrogens is 268 g/mol. The molecule has 5 N–H and O–H groups in total. The van der Waals surface area contributed by atoms with Gasteiger partial charge in [-0.15, -0.1) is 0 Å². The Labute approximate surface area is 123 Å². The van der Waals surface area contributed by atoms with E-state index in [0.29, 0.717) is 30.2 Å². The molecule has 1 atom stereocenters. The number of pyridine rings is 1. The van der Waals surface area contributed by atoms with Crippen molar-refractivity contribution in [3.63, 3.8) is 0 Å². The van der Waals surface area contributed by atoms with Gasteiger partial charge in [-0.05, 0) is 6.07 Å². The lowest BCUT2D eigenvalue weighted by Gasteiger charge is -2.25. The lowest BCUT2D eigenvalue weighted by Crippen LogP contribution is -2.37. The number of hydrogen-bond donors (Lipinski definition) is 3. The van der Waals surface area contributed by atoms with E-state index < -0.39 is 5.91 Å². The Morgan fingerprint density at radius 3 is 2.43 bits per heavy atom. The van der Waals surface area contributed by atoms with Crippen LogP contribution in [-0.4, -0.2) is 30.1 Å². The quantitative estimate of drug-likeness (QED) is 0.764. The number of carbonyl (C=O) groups excluding carboxylic acids is 1. The third kappa shape index (κ3) is 4.19. The topological polar surface area (TPSA) is 103 Å². The first-order valence-electron chi connectivity index (χ1n) is 6.61. The van der Waals surface area contributed by atoms with Gasteiger partial charge in [0.05, 0.1) is 17.8 Å². The van der Waals surface area contributed by atoms with Crippen molar-refractivity contribution >= 4 is 11.6 Å². The van der Waals surface area contributed by atoms with E-state index in [1.165, 1.54) is 6.20 Å². The summed E-state index contributed by atoms with van der Waals surface area (Å²) < 4.78 is 5.47. The first-order chi connectivity index (χ1) is 10.2. The number of anilines is 1. The summed E-state index contributed by atoms with van der Waals surface area (Å²) in [6.45, 7) is 1.03. The lowest BCUT2D eigenvalue weighted by atomic mass is 10.2. The van der Waals surface area contributed by atoms with Crippen molar-refractivity contribution in [2.75, 3.05) is 18.4 Å². The van der Waals surface area contributed by atoms with Crippen molar-refractivity contribution in [2.45, 2.75) is 6.10 Å². The first kappa shape index (κ1) is 14.8. The van der Waals surface area contributed by atoms with Crippen LogP contribution in [0, 0.1) is 0 Å². The fourth-order valence-electron chi connectivity index (χ4n) is 1.75. The lowest BCUT2D eigenvalue weighted by molar-refractivity contribution is 0.0999. The molecule has 1 aromatic carbocycles. The van der Waals surface area contributed by atoms with Crippen LogP contribution in [0.5, 0.6) is 5.88 Å². The Balaban J connectivity index is 0.000000225. The Morgan fingerprint density at radius 2 is 1.90 bits per heavy atom. The smallest absolute Gasteiger partial charge is 0.250 e. The predicted molar refractivity (Wildman–Crippen MR) is 81.2 cm³/mol. The summed E-state index contributed by atoms with van der Waals surface area (Å²) in [7, 11) is 0. The van der Waals surface area contributed by atoms with Crippen LogP contribution < -0.4 is 21.5 Å². The standard InChI is InChI=1S/C9H12N4O2.C6H6/c10-2-6-4-12-7-1-5(8(11)14)3-13-9(7)15-6;1-2-4-6-5-3-1/h1,3,6,12H,2,4,10H2,(H2,11,14);1-6H. The van der Waals surface area contributed by atoms with Crippen molar-refractivity contribution < 1.29 is 9.53 Å². The molecule has 2 aromatic rings. The van der Waals surface area contributed by atoms with Crippen molar-refractivity contribution in [1.29, 1.82) is 0 Å². The average molecular weight is 286 g/mol. The number of aromatic nitrogens is 1. The van der Waals surface area contributed by atoms with Gasteiger partial charge in [0.2, 0.25) is 11.8 Å². The SMILES string of the molecule is NCC1CNc2cc(C(N)=O)cnc2O1.c1ccccc1. The molecule has 0 spiro atoms. The van der Waals surface area contributed by atoms with Crippen LogP contribution in [0.15, 0.2) is 48.7 Å². The van der Waals surface area contributed by atoms with Crippen LogP contribution in [0.1, 0.15) is 10.4 Å². The molecule has 0 radical (unpaired) electrons. The molecule has 0 saturated heterocycles. The third-order valence-electron chi connectivity index (χ3n) is 2.86. The van der Waals surface area contributed by atoms with Crippen molar-refractivity contribution in [1.82, 2.24) is 4.98 Å². The molecular formula is C15H18N4O2.